The highest BCUT2D eigenvalue weighted by Crippen LogP contribution is 2.22. The number of rotatable bonds is 13. The van der Waals surface area contributed by atoms with Crippen LogP contribution < -0.4 is 15.1 Å². The van der Waals surface area contributed by atoms with Crippen LogP contribution in [0.2, 0.25) is 0 Å². The predicted molar refractivity (Wildman–Crippen MR) is 144 cm³/mol. The molecule has 0 aromatic carbocycles. The predicted octanol–water partition coefficient (Wildman–Crippen LogP) is 4.91. The van der Waals surface area contributed by atoms with E-state index in [1.165, 1.54) is 4.88 Å². The minimum Gasteiger partial charge on any atom is -0.476 e. The summed E-state index contributed by atoms with van der Waals surface area (Å²) in [7, 11) is 0. The summed E-state index contributed by atoms with van der Waals surface area (Å²) >= 11 is 1.70. The molecule has 2 aromatic heterocycles. The number of thiophene rings is 1. The van der Waals surface area contributed by atoms with E-state index in [0.29, 0.717) is 18.3 Å². The van der Waals surface area contributed by atoms with E-state index in [2.05, 4.69) is 52.1 Å². The Morgan fingerprint density at radius 2 is 1.88 bits per heavy atom. The van der Waals surface area contributed by atoms with E-state index in [-0.39, 0.29) is 0 Å². The normalized spacial score (nSPS) is 14.0. The van der Waals surface area contributed by atoms with E-state index >= 15 is 0 Å². The molecular weight excluding hydrogens is 448 g/mol. The first-order chi connectivity index (χ1) is 16.7. The van der Waals surface area contributed by atoms with Gasteiger partial charge in [-0.2, -0.15) is 10.1 Å². The number of aryl methyl sites for hydroxylation is 1. The first-order valence-electron chi connectivity index (χ1n) is 12.7. The van der Waals surface area contributed by atoms with Gasteiger partial charge in [-0.3, -0.25) is 10.3 Å². The molecule has 0 spiro atoms. The van der Waals surface area contributed by atoms with Gasteiger partial charge in [-0.25, -0.2) is 4.98 Å². The lowest BCUT2D eigenvalue weighted by Gasteiger charge is -2.26. The minimum atomic E-state index is 0.542. The molecule has 1 N–H and O–H groups in total. The van der Waals surface area contributed by atoms with Gasteiger partial charge >= 0.3 is 0 Å². The molecule has 34 heavy (non-hydrogen) atoms. The molecule has 0 radical (unpaired) electrons. The summed E-state index contributed by atoms with van der Waals surface area (Å²) in [5.74, 6) is 2.02. The van der Waals surface area contributed by atoms with Crippen molar-refractivity contribution in [3.05, 3.63) is 28.9 Å². The molecule has 190 valence electrons. The molecule has 0 bridgehead atoms. The number of morpholine rings is 1. The number of anilines is 2. The summed E-state index contributed by atoms with van der Waals surface area (Å²) in [6.07, 6.45) is 4.80. The summed E-state index contributed by atoms with van der Waals surface area (Å²) in [5, 5.41) is 5.37. The Kier molecular flexibility index (Phi) is 13.5. The molecule has 1 fully saturated rings. The van der Waals surface area contributed by atoms with Crippen molar-refractivity contribution in [1.82, 2.24) is 14.9 Å². The van der Waals surface area contributed by atoms with Crippen LogP contribution in [0.1, 0.15) is 58.2 Å². The quantitative estimate of drug-likeness (QED) is 0.316. The van der Waals surface area contributed by atoms with Crippen molar-refractivity contribution < 1.29 is 9.47 Å². The minimum absolute atomic E-state index is 0.542. The van der Waals surface area contributed by atoms with Gasteiger partial charge in [-0.1, -0.05) is 34.6 Å². The van der Waals surface area contributed by atoms with Crippen LogP contribution in [-0.4, -0.2) is 73.6 Å². The lowest BCUT2D eigenvalue weighted by atomic mass is 10.3. The lowest BCUT2D eigenvalue weighted by molar-refractivity contribution is 0.0320. The van der Waals surface area contributed by atoms with Crippen LogP contribution in [0.15, 0.2) is 23.3 Å². The topological polar surface area (TPSA) is 75.1 Å². The highest BCUT2D eigenvalue weighted by Gasteiger charge is 2.13. The van der Waals surface area contributed by atoms with Crippen LogP contribution >= 0.6 is 11.3 Å². The second-order valence-corrected chi connectivity index (χ2v) is 8.87. The first kappa shape index (κ1) is 28.0. The number of hydrazone groups is 1. The van der Waals surface area contributed by atoms with Crippen molar-refractivity contribution in [2.75, 3.05) is 62.9 Å². The Hall–Kier alpha value is -2.23. The van der Waals surface area contributed by atoms with Gasteiger partial charge in [0.15, 0.2) is 5.82 Å². The number of ether oxygens (including phenoxy) is 2. The van der Waals surface area contributed by atoms with E-state index in [9.17, 15) is 0 Å². The van der Waals surface area contributed by atoms with Crippen molar-refractivity contribution in [3.63, 3.8) is 0 Å². The van der Waals surface area contributed by atoms with Gasteiger partial charge < -0.3 is 14.4 Å². The molecule has 0 amide bonds. The van der Waals surface area contributed by atoms with Gasteiger partial charge in [0.05, 0.1) is 19.4 Å². The Balaban J connectivity index is 0.00000199. The average Bonchev–Trinajstić information content (AvgIpc) is 3.34. The summed E-state index contributed by atoms with van der Waals surface area (Å²) in [6.45, 7) is 17.3. The fourth-order valence-electron chi connectivity index (χ4n) is 3.49. The van der Waals surface area contributed by atoms with Crippen molar-refractivity contribution in [3.8, 4) is 5.88 Å². The Morgan fingerprint density at radius 1 is 1.15 bits per heavy atom. The van der Waals surface area contributed by atoms with Crippen LogP contribution in [0.3, 0.4) is 0 Å². The van der Waals surface area contributed by atoms with Gasteiger partial charge in [0, 0.05) is 43.7 Å². The van der Waals surface area contributed by atoms with E-state index in [1.54, 1.807) is 17.6 Å². The van der Waals surface area contributed by atoms with Gasteiger partial charge in [-0.15, -0.1) is 11.3 Å². The van der Waals surface area contributed by atoms with Gasteiger partial charge in [0.1, 0.15) is 17.4 Å². The van der Waals surface area contributed by atoms with Crippen molar-refractivity contribution in [2.24, 2.45) is 5.10 Å². The van der Waals surface area contributed by atoms with Crippen molar-refractivity contribution in [2.45, 2.75) is 53.9 Å². The fourth-order valence-corrected chi connectivity index (χ4v) is 4.29. The molecule has 0 saturated carbocycles. The van der Waals surface area contributed by atoms with Crippen molar-refractivity contribution >= 4 is 28.4 Å². The fraction of sp³-hybridized carbons (Fsp3) is 0.640. The van der Waals surface area contributed by atoms with E-state index in [1.807, 2.05) is 26.0 Å². The Morgan fingerprint density at radius 3 is 2.53 bits per heavy atom. The summed E-state index contributed by atoms with van der Waals surface area (Å²) in [6, 6.07) is 6.11. The molecule has 1 aliphatic heterocycles. The van der Waals surface area contributed by atoms with Crippen LogP contribution in [0.25, 0.3) is 0 Å². The smallest absolute Gasteiger partial charge is 0.219 e. The molecule has 3 heterocycles. The van der Waals surface area contributed by atoms with Crippen LogP contribution in [0.4, 0.5) is 10.8 Å². The molecule has 0 atom stereocenters. The molecule has 3 rings (SSSR count). The van der Waals surface area contributed by atoms with E-state index in [4.69, 9.17) is 14.5 Å². The van der Waals surface area contributed by atoms with Crippen LogP contribution in [0, 0.1) is 0 Å². The highest BCUT2D eigenvalue weighted by atomic mass is 32.1. The SMILES string of the molecule is CC.CCCN(CCC)c1cc(OCCN2CCOCC2)nc(/C=N/Nc2ccc(CC)s2)n1. The van der Waals surface area contributed by atoms with Crippen LogP contribution in [0.5, 0.6) is 5.88 Å². The average molecular weight is 491 g/mol. The highest BCUT2D eigenvalue weighted by molar-refractivity contribution is 7.16. The van der Waals surface area contributed by atoms with Gasteiger partial charge in [0.2, 0.25) is 5.88 Å². The monoisotopic (exact) mass is 490 g/mol. The second kappa shape index (κ2) is 16.4. The van der Waals surface area contributed by atoms with Gasteiger partial charge in [-0.05, 0) is 31.4 Å². The summed E-state index contributed by atoms with van der Waals surface area (Å²) in [4.78, 5) is 15.3. The van der Waals surface area contributed by atoms with Crippen molar-refractivity contribution in [1.29, 1.82) is 0 Å². The molecule has 9 heteroatoms. The summed E-state index contributed by atoms with van der Waals surface area (Å²) < 4.78 is 11.5. The molecule has 0 unspecified atom stereocenters. The zero-order chi connectivity index (χ0) is 24.6. The molecule has 2 aromatic rings. The zero-order valence-electron chi connectivity index (χ0n) is 21.5. The molecule has 1 saturated heterocycles. The van der Waals surface area contributed by atoms with E-state index < -0.39 is 0 Å². The third kappa shape index (κ3) is 9.56. The number of hydrogen-bond acceptors (Lipinski definition) is 9. The Bertz CT molecular complexity index is 833. The number of hydrogen-bond donors (Lipinski definition) is 1. The maximum atomic E-state index is 6.04. The maximum absolute atomic E-state index is 6.04. The summed E-state index contributed by atoms with van der Waals surface area (Å²) in [5.41, 5.74) is 3.09. The molecule has 8 nitrogen and oxygen atoms in total. The molecule has 0 aliphatic carbocycles. The number of nitrogens with one attached hydrogen (secondary N) is 1. The number of nitrogens with zero attached hydrogens (tertiary/aromatic N) is 5. The van der Waals surface area contributed by atoms with Crippen LogP contribution in [-0.2, 0) is 11.2 Å². The Labute approximate surface area is 209 Å². The maximum Gasteiger partial charge on any atom is 0.219 e. The van der Waals surface area contributed by atoms with E-state index in [0.717, 1.165) is 76.0 Å². The zero-order valence-corrected chi connectivity index (χ0v) is 22.4. The standard InChI is InChI=1S/C23H36N6O2S.C2H6/c1-4-9-29(10-5-2)21-17-22(31-16-13-28-11-14-30-15-12-28)26-20(25-21)18-24-27-23-8-7-19(6-3)32-23;1-2/h7-8,17-18,27H,4-6,9-16H2,1-3H3;1-2H3/b24-18+;. The third-order valence-corrected chi connectivity index (χ3v) is 6.28. The second-order valence-electron chi connectivity index (χ2n) is 7.70. The largest absolute Gasteiger partial charge is 0.476 e. The van der Waals surface area contributed by atoms with Gasteiger partial charge in [0.25, 0.3) is 0 Å². The molecular formula is C25H42N6O2S. The molecule has 1 aliphatic rings. The first-order valence-corrected chi connectivity index (χ1v) is 13.5. The lowest BCUT2D eigenvalue weighted by Crippen LogP contribution is -2.38. The number of aromatic nitrogens is 2. The third-order valence-electron chi connectivity index (χ3n) is 5.14.